The maximum absolute atomic E-state index is 5.30. The minimum atomic E-state index is 0.451. The van der Waals surface area contributed by atoms with E-state index in [1.54, 1.807) is 0 Å². The van der Waals surface area contributed by atoms with Gasteiger partial charge in [0.05, 0.1) is 17.0 Å². The van der Waals surface area contributed by atoms with Crippen molar-refractivity contribution >= 4 is 0 Å². The molecule has 7 nitrogen and oxygen atoms in total. The smallest absolute Gasteiger partial charge is 0.207 e. The number of aromatic nitrogens is 7. The molecule has 3 aromatic rings. The molecule has 1 N–H and O–H groups in total. The average molecular weight is 390 g/mol. The lowest BCUT2D eigenvalue weighted by molar-refractivity contribution is 0.436. The van der Waals surface area contributed by atoms with Gasteiger partial charge in [-0.1, -0.05) is 25.7 Å². The summed E-state index contributed by atoms with van der Waals surface area (Å²) in [6, 6.07) is 2.02. The van der Waals surface area contributed by atoms with Gasteiger partial charge in [0.15, 0.2) is 0 Å². The summed E-state index contributed by atoms with van der Waals surface area (Å²) in [6.45, 7) is 1.94. The SMILES string of the molecule is Cc1nccc(-c2c3c(nc(C4CCCCC4)c2-c2nn[nH]n2)CCCCC3)n1. The fourth-order valence-electron chi connectivity index (χ4n) is 4.98. The lowest BCUT2D eigenvalue weighted by atomic mass is 9.82. The summed E-state index contributed by atoms with van der Waals surface area (Å²) in [5, 5.41) is 15.3. The zero-order chi connectivity index (χ0) is 19.6. The van der Waals surface area contributed by atoms with Crippen LogP contribution in [-0.4, -0.2) is 35.6 Å². The van der Waals surface area contributed by atoms with Gasteiger partial charge in [-0.15, -0.1) is 10.2 Å². The second-order valence-corrected chi connectivity index (χ2v) is 8.29. The van der Waals surface area contributed by atoms with Crippen LogP contribution >= 0.6 is 0 Å². The second kappa shape index (κ2) is 7.97. The van der Waals surface area contributed by atoms with E-state index in [4.69, 9.17) is 9.97 Å². The number of hydrogen-bond donors (Lipinski definition) is 1. The van der Waals surface area contributed by atoms with E-state index in [2.05, 4.69) is 25.6 Å². The van der Waals surface area contributed by atoms with E-state index in [0.29, 0.717) is 11.7 Å². The van der Waals surface area contributed by atoms with Crippen LogP contribution in [0.2, 0.25) is 0 Å². The highest BCUT2D eigenvalue weighted by Gasteiger charge is 2.30. The molecule has 0 atom stereocenters. The number of aryl methyl sites for hydroxylation is 2. The predicted octanol–water partition coefficient (Wildman–Crippen LogP) is 4.34. The third-order valence-corrected chi connectivity index (χ3v) is 6.35. The van der Waals surface area contributed by atoms with Crippen LogP contribution in [0.25, 0.3) is 22.6 Å². The van der Waals surface area contributed by atoms with Crippen molar-refractivity contribution in [3.05, 3.63) is 35.0 Å². The highest BCUT2D eigenvalue weighted by molar-refractivity contribution is 5.83. The molecule has 1 saturated carbocycles. The van der Waals surface area contributed by atoms with Gasteiger partial charge < -0.3 is 0 Å². The van der Waals surface area contributed by atoms with Crippen LogP contribution in [0, 0.1) is 6.92 Å². The molecule has 0 bridgehead atoms. The normalized spacial score (nSPS) is 17.7. The summed E-state index contributed by atoms with van der Waals surface area (Å²) in [6.07, 6.45) is 13.7. The number of nitrogens with zero attached hydrogens (tertiary/aromatic N) is 6. The molecule has 0 amide bonds. The Morgan fingerprint density at radius 1 is 0.931 bits per heavy atom. The fraction of sp³-hybridized carbons (Fsp3) is 0.545. The van der Waals surface area contributed by atoms with Gasteiger partial charge in [0.1, 0.15) is 5.82 Å². The summed E-state index contributed by atoms with van der Waals surface area (Å²) >= 11 is 0. The van der Waals surface area contributed by atoms with Gasteiger partial charge in [-0.3, -0.25) is 4.98 Å². The van der Waals surface area contributed by atoms with E-state index in [0.717, 1.165) is 41.2 Å². The molecule has 0 radical (unpaired) electrons. The highest BCUT2D eigenvalue weighted by atomic mass is 15.5. The molecule has 3 heterocycles. The van der Waals surface area contributed by atoms with Gasteiger partial charge >= 0.3 is 0 Å². The van der Waals surface area contributed by atoms with Gasteiger partial charge in [-0.2, -0.15) is 5.21 Å². The Bertz CT molecular complexity index is 991. The standard InChI is InChI=1S/C22H27N7/c1-14-23-13-12-18(24-14)19-16-10-6-3-7-11-17(16)25-21(15-8-4-2-5-9-15)20(19)22-26-28-29-27-22/h12-13,15H,2-11H2,1H3,(H,26,27,28,29). The van der Waals surface area contributed by atoms with Crippen molar-refractivity contribution < 1.29 is 0 Å². The van der Waals surface area contributed by atoms with E-state index < -0.39 is 0 Å². The topological polar surface area (TPSA) is 93.1 Å². The van der Waals surface area contributed by atoms with E-state index in [9.17, 15) is 0 Å². The number of pyridine rings is 1. The van der Waals surface area contributed by atoms with Crippen LogP contribution in [0.4, 0.5) is 0 Å². The van der Waals surface area contributed by atoms with Crippen molar-refractivity contribution in [2.24, 2.45) is 0 Å². The molecule has 0 aliphatic heterocycles. The molecule has 1 fully saturated rings. The zero-order valence-corrected chi connectivity index (χ0v) is 17.0. The highest BCUT2D eigenvalue weighted by Crippen LogP contribution is 2.43. The second-order valence-electron chi connectivity index (χ2n) is 8.29. The molecule has 0 aromatic carbocycles. The van der Waals surface area contributed by atoms with Crippen LogP contribution in [0.5, 0.6) is 0 Å². The number of tetrazole rings is 1. The van der Waals surface area contributed by atoms with E-state index in [1.165, 1.54) is 62.6 Å². The van der Waals surface area contributed by atoms with Gasteiger partial charge in [-0.25, -0.2) is 9.97 Å². The number of hydrogen-bond acceptors (Lipinski definition) is 6. The molecule has 2 aliphatic carbocycles. The molecule has 5 rings (SSSR count). The lowest BCUT2D eigenvalue weighted by Crippen LogP contribution is -2.14. The maximum atomic E-state index is 5.30. The van der Waals surface area contributed by atoms with Crippen molar-refractivity contribution in [1.82, 2.24) is 35.6 Å². The molecule has 2 aliphatic rings. The molecular weight excluding hydrogens is 362 g/mol. The first-order valence-corrected chi connectivity index (χ1v) is 10.9. The van der Waals surface area contributed by atoms with Crippen LogP contribution in [-0.2, 0) is 12.8 Å². The van der Waals surface area contributed by atoms with Crippen LogP contribution in [0.1, 0.15) is 80.1 Å². The van der Waals surface area contributed by atoms with Crippen LogP contribution in [0.15, 0.2) is 12.3 Å². The Morgan fingerprint density at radius 3 is 2.55 bits per heavy atom. The summed E-state index contributed by atoms with van der Waals surface area (Å²) in [5.74, 6) is 1.86. The van der Waals surface area contributed by atoms with Gasteiger partial charge in [-0.05, 0) is 62.3 Å². The number of fused-ring (bicyclic) bond motifs is 1. The Kier molecular flexibility index (Phi) is 5.04. The minimum Gasteiger partial charge on any atom is -0.256 e. The van der Waals surface area contributed by atoms with E-state index in [-0.39, 0.29) is 0 Å². The van der Waals surface area contributed by atoms with Crippen molar-refractivity contribution in [2.45, 2.75) is 77.0 Å². The lowest BCUT2D eigenvalue weighted by Gasteiger charge is -2.26. The maximum Gasteiger partial charge on any atom is 0.207 e. The summed E-state index contributed by atoms with van der Waals surface area (Å²) < 4.78 is 0. The number of aromatic amines is 1. The Labute approximate surface area is 170 Å². The monoisotopic (exact) mass is 389 g/mol. The third-order valence-electron chi connectivity index (χ3n) is 6.35. The quantitative estimate of drug-likeness (QED) is 0.670. The fourth-order valence-corrected chi connectivity index (χ4v) is 4.98. The molecule has 7 heteroatoms. The van der Waals surface area contributed by atoms with Crippen LogP contribution < -0.4 is 0 Å². The Morgan fingerprint density at radius 2 is 1.76 bits per heavy atom. The molecule has 150 valence electrons. The molecule has 0 saturated heterocycles. The van der Waals surface area contributed by atoms with E-state index in [1.807, 2.05) is 19.2 Å². The van der Waals surface area contributed by atoms with Gasteiger partial charge in [0.2, 0.25) is 5.82 Å². The summed E-state index contributed by atoms with van der Waals surface area (Å²) in [7, 11) is 0. The van der Waals surface area contributed by atoms with Crippen molar-refractivity contribution in [1.29, 1.82) is 0 Å². The third kappa shape index (κ3) is 3.54. The molecular formula is C22H27N7. The number of nitrogens with one attached hydrogen (secondary N) is 1. The Balaban J connectivity index is 1.81. The molecule has 29 heavy (non-hydrogen) atoms. The summed E-state index contributed by atoms with van der Waals surface area (Å²) in [5.41, 5.74) is 6.86. The van der Waals surface area contributed by atoms with Crippen molar-refractivity contribution in [3.63, 3.8) is 0 Å². The zero-order valence-electron chi connectivity index (χ0n) is 17.0. The van der Waals surface area contributed by atoms with Crippen molar-refractivity contribution in [3.8, 4) is 22.6 Å². The first-order valence-electron chi connectivity index (χ1n) is 10.9. The van der Waals surface area contributed by atoms with Crippen LogP contribution in [0.3, 0.4) is 0 Å². The number of rotatable bonds is 3. The summed E-state index contributed by atoms with van der Waals surface area (Å²) in [4.78, 5) is 14.4. The Hall–Kier alpha value is -2.70. The average Bonchev–Trinajstić information content (AvgIpc) is 3.18. The first-order chi connectivity index (χ1) is 14.3. The molecule has 3 aromatic heterocycles. The predicted molar refractivity (Wildman–Crippen MR) is 110 cm³/mol. The number of H-pyrrole nitrogens is 1. The van der Waals surface area contributed by atoms with E-state index >= 15 is 0 Å². The van der Waals surface area contributed by atoms with Gasteiger partial charge in [0, 0.05) is 23.4 Å². The van der Waals surface area contributed by atoms with Crippen molar-refractivity contribution in [2.75, 3.05) is 0 Å². The molecule has 0 unspecified atom stereocenters. The van der Waals surface area contributed by atoms with Gasteiger partial charge in [0.25, 0.3) is 0 Å². The minimum absolute atomic E-state index is 0.451. The molecule has 0 spiro atoms. The largest absolute Gasteiger partial charge is 0.256 e. The first kappa shape index (κ1) is 18.3.